The molecule has 7 nitrogen and oxygen atoms in total. The van der Waals surface area contributed by atoms with Gasteiger partial charge in [0, 0.05) is 25.2 Å². The molecule has 4 N–H and O–H groups in total. The number of hydrogen-bond acceptors (Lipinski definition) is 6. The maximum atomic E-state index is 10.7. The molecule has 0 amide bonds. The van der Waals surface area contributed by atoms with Crippen LogP contribution in [-0.2, 0) is 6.42 Å². The molecule has 0 saturated carbocycles. The number of hydrazine groups is 3. The van der Waals surface area contributed by atoms with E-state index in [0.717, 1.165) is 25.1 Å². The Bertz CT molecular complexity index is 452. The molecule has 0 radical (unpaired) electrons. The molecule has 1 aliphatic rings. The van der Waals surface area contributed by atoms with Crippen molar-refractivity contribution >= 4 is 5.69 Å². The van der Waals surface area contributed by atoms with Crippen LogP contribution in [0.5, 0.6) is 0 Å². The van der Waals surface area contributed by atoms with Crippen molar-refractivity contribution < 1.29 is 4.92 Å². The summed E-state index contributed by atoms with van der Waals surface area (Å²) in [6.07, 6.45) is 8.33. The molecule has 1 aromatic carbocycles. The zero-order chi connectivity index (χ0) is 16.3. The number of non-ortho nitro benzene ring substituents is 1. The Morgan fingerprint density at radius 3 is 2.48 bits per heavy atom. The average molecular weight is 321 g/mol. The van der Waals surface area contributed by atoms with Crippen molar-refractivity contribution in [1.29, 1.82) is 0 Å². The molecule has 1 fully saturated rings. The fourth-order valence-electron chi connectivity index (χ4n) is 2.89. The molecule has 0 spiro atoms. The van der Waals surface area contributed by atoms with E-state index in [0.29, 0.717) is 5.92 Å². The Hall–Kier alpha value is -1.54. The van der Waals surface area contributed by atoms with Crippen LogP contribution in [0.15, 0.2) is 24.3 Å². The highest BCUT2D eigenvalue weighted by Gasteiger charge is 2.11. The molecule has 128 valence electrons. The monoisotopic (exact) mass is 321 g/mol. The number of rotatable bonds is 3. The molecule has 0 aromatic heterocycles. The second kappa shape index (κ2) is 10.3. The van der Waals surface area contributed by atoms with Gasteiger partial charge in [0.1, 0.15) is 0 Å². The fourth-order valence-corrected chi connectivity index (χ4v) is 2.89. The second-order valence-corrected chi connectivity index (χ2v) is 6.11. The topological polar surface area (TPSA) is 91.3 Å². The molecule has 1 heterocycles. The SMILES string of the molecule is O=[N+]([O-])c1ccc(CC2CCCCCCCNNNNC2)cc1. The van der Waals surface area contributed by atoms with Gasteiger partial charge in [-0.2, -0.15) is 11.1 Å². The van der Waals surface area contributed by atoms with Crippen molar-refractivity contribution in [2.24, 2.45) is 5.92 Å². The highest BCUT2D eigenvalue weighted by Crippen LogP contribution is 2.19. The van der Waals surface area contributed by atoms with Gasteiger partial charge in [0.2, 0.25) is 0 Å². The van der Waals surface area contributed by atoms with Crippen LogP contribution in [0.4, 0.5) is 5.69 Å². The zero-order valence-electron chi connectivity index (χ0n) is 13.5. The third-order valence-corrected chi connectivity index (χ3v) is 4.22. The summed E-state index contributed by atoms with van der Waals surface area (Å²) in [6, 6.07) is 6.91. The number of nitrogens with zero attached hydrogens (tertiary/aromatic N) is 1. The van der Waals surface area contributed by atoms with Gasteiger partial charge in [0.25, 0.3) is 5.69 Å². The molecule has 2 rings (SSSR count). The minimum Gasteiger partial charge on any atom is -0.258 e. The summed E-state index contributed by atoms with van der Waals surface area (Å²) in [5.74, 6) is 0.506. The lowest BCUT2D eigenvalue weighted by Crippen LogP contribution is -2.52. The van der Waals surface area contributed by atoms with Crippen LogP contribution in [0, 0.1) is 16.0 Å². The van der Waals surface area contributed by atoms with Crippen LogP contribution in [0.1, 0.15) is 44.1 Å². The Balaban J connectivity index is 1.86. The van der Waals surface area contributed by atoms with Crippen molar-refractivity contribution in [3.63, 3.8) is 0 Å². The summed E-state index contributed by atoms with van der Waals surface area (Å²) in [4.78, 5) is 10.4. The van der Waals surface area contributed by atoms with Crippen molar-refractivity contribution in [3.8, 4) is 0 Å². The van der Waals surface area contributed by atoms with Gasteiger partial charge in [0.05, 0.1) is 4.92 Å². The van der Waals surface area contributed by atoms with E-state index in [1.54, 1.807) is 12.1 Å². The molecule has 7 heteroatoms. The van der Waals surface area contributed by atoms with E-state index in [4.69, 9.17) is 0 Å². The predicted octanol–water partition coefficient (Wildman–Crippen LogP) is 2.21. The summed E-state index contributed by atoms with van der Waals surface area (Å²) in [5.41, 5.74) is 13.5. The van der Waals surface area contributed by atoms with Crippen molar-refractivity contribution in [2.75, 3.05) is 13.1 Å². The maximum absolute atomic E-state index is 10.7. The van der Waals surface area contributed by atoms with E-state index in [1.807, 2.05) is 12.1 Å². The van der Waals surface area contributed by atoms with Gasteiger partial charge < -0.3 is 0 Å². The highest BCUT2D eigenvalue weighted by molar-refractivity contribution is 5.33. The molecule has 0 bridgehead atoms. The number of hydrogen-bond donors (Lipinski definition) is 4. The molecule has 1 atom stereocenters. The maximum Gasteiger partial charge on any atom is 0.269 e. The number of nitrogens with one attached hydrogen (secondary N) is 4. The average Bonchev–Trinajstić information content (AvgIpc) is 2.57. The first-order chi connectivity index (χ1) is 11.3. The van der Waals surface area contributed by atoms with E-state index in [-0.39, 0.29) is 10.6 Å². The highest BCUT2D eigenvalue weighted by atomic mass is 16.6. The van der Waals surface area contributed by atoms with E-state index in [1.165, 1.54) is 38.5 Å². The molecule has 1 saturated heterocycles. The van der Waals surface area contributed by atoms with Crippen LogP contribution in [0.2, 0.25) is 0 Å². The largest absolute Gasteiger partial charge is 0.269 e. The van der Waals surface area contributed by atoms with Crippen molar-refractivity contribution in [2.45, 2.75) is 44.9 Å². The summed E-state index contributed by atoms with van der Waals surface area (Å²) < 4.78 is 0. The Labute approximate surface area is 137 Å². The zero-order valence-corrected chi connectivity index (χ0v) is 13.5. The first-order valence-corrected chi connectivity index (χ1v) is 8.45. The molecule has 0 aliphatic carbocycles. The third-order valence-electron chi connectivity index (χ3n) is 4.22. The third kappa shape index (κ3) is 7.04. The fraction of sp³-hybridized carbons (Fsp3) is 0.625. The van der Waals surface area contributed by atoms with Gasteiger partial charge in [-0.3, -0.25) is 10.1 Å². The normalized spacial score (nSPS) is 21.7. The Morgan fingerprint density at radius 1 is 1.00 bits per heavy atom. The first kappa shape index (κ1) is 17.8. The van der Waals surface area contributed by atoms with Crippen LogP contribution in [0.3, 0.4) is 0 Å². The van der Waals surface area contributed by atoms with E-state index in [9.17, 15) is 10.1 Å². The smallest absolute Gasteiger partial charge is 0.258 e. The van der Waals surface area contributed by atoms with Gasteiger partial charge in [0.15, 0.2) is 0 Å². The molecule has 1 unspecified atom stereocenters. The van der Waals surface area contributed by atoms with E-state index in [2.05, 4.69) is 21.9 Å². The lowest BCUT2D eigenvalue weighted by atomic mass is 9.93. The van der Waals surface area contributed by atoms with Gasteiger partial charge in [-0.1, -0.05) is 37.8 Å². The minimum atomic E-state index is -0.354. The Morgan fingerprint density at radius 2 is 1.70 bits per heavy atom. The Kier molecular flexibility index (Phi) is 7.96. The standard InChI is InChI=1S/C16H27N5O2/c22-21(23)16-9-7-14(8-10-16)12-15-6-4-2-1-3-5-11-17-19-20-18-13-15/h7-10,15,17-20H,1-6,11-13H2. The second-order valence-electron chi connectivity index (χ2n) is 6.11. The van der Waals surface area contributed by atoms with Crippen molar-refractivity contribution in [3.05, 3.63) is 39.9 Å². The minimum absolute atomic E-state index is 0.152. The van der Waals surface area contributed by atoms with E-state index >= 15 is 0 Å². The first-order valence-electron chi connectivity index (χ1n) is 8.45. The lowest BCUT2D eigenvalue weighted by molar-refractivity contribution is -0.384. The molecule has 1 aliphatic heterocycles. The van der Waals surface area contributed by atoms with Gasteiger partial charge in [-0.25, -0.2) is 10.9 Å². The van der Waals surface area contributed by atoms with E-state index < -0.39 is 0 Å². The van der Waals surface area contributed by atoms with Crippen LogP contribution in [0.25, 0.3) is 0 Å². The van der Waals surface area contributed by atoms with Gasteiger partial charge in [-0.05, 0) is 30.7 Å². The van der Waals surface area contributed by atoms with Crippen molar-refractivity contribution in [1.82, 2.24) is 21.9 Å². The van der Waals surface area contributed by atoms with Crippen LogP contribution >= 0.6 is 0 Å². The van der Waals surface area contributed by atoms with Crippen LogP contribution < -0.4 is 21.9 Å². The number of benzene rings is 1. The van der Waals surface area contributed by atoms with Gasteiger partial charge in [-0.15, -0.1) is 0 Å². The summed E-state index contributed by atoms with van der Waals surface area (Å²) >= 11 is 0. The predicted molar refractivity (Wildman–Crippen MR) is 90.3 cm³/mol. The number of nitro groups is 1. The van der Waals surface area contributed by atoms with Gasteiger partial charge >= 0.3 is 0 Å². The lowest BCUT2D eigenvalue weighted by Gasteiger charge is -2.18. The summed E-state index contributed by atoms with van der Waals surface area (Å²) in [7, 11) is 0. The summed E-state index contributed by atoms with van der Waals surface area (Å²) in [5, 5.41) is 10.7. The quantitative estimate of drug-likeness (QED) is 0.504. The number of nitro benzene ring substituents is 1. The molecular formula is C16H27N5O2. The molecule has 23 heavy (non-hydrogen) atoms. The molecule has 1 aromatic rings. The van der Waals surface area contributed by atoms with Crippen LogP contribution in [-0.4, -0.2) is 18.0 Å². The molecular weight excluding hydrogens is 294 g/mol. The summed E-state index contributed by atoms with van der Waals surface area (Å²) in [6.45, 7) is 1.81.